The van der Waals surface area contributed by atoms with Crippen LogP contribution in [0.15, 0.2) is 40.9 Å². The second kappa shape index (κ2) is 7.75. The van der Waals surface area contributed by atoms with Gasteiger partial charge < -0.3 is 15.4 Å². The molecule has 0 radical (unpaired) electrons. The van der Waals surface area contributed by atoms with E-state index in [1.807, 2.05) is 0 Å². The molecule has 0 bridgehead atoms. The molecule has 8 nitrogen and oxygen atoms in total. The Morgan fingerprint density at radius 3 is 2.56 bits per heavy atom. The highest BCUT2D eigenvalue weighted by Crippen LogP contribution is 2.28. The lowest BCUT2D eigenvalue weighted by Crippen LogP contribution is -2.27. The molecule has 2 N–H and O–H groups in total. The minimum absolute atomic E-state index is 0.106. The number of carbonyl (C=O) groups excluding carboxylic acids is 2. The van der Waals surface area contributed by atoms with Crippen molar-refractivity contribution in [3.8, 4) is 5.75 Å². The predicted molar refractivity (Wildman–Crippen MR) is 102 cm³/mol. The van der Waals surface area contributed by atoms with Crippen LogP contribution in [0.1, 0.15) is 33.6 Å². The second-order valence-electron chi connectivity index (χ2n) is 6.04. The van der Waals surface area contributed by atoms with E-state index < -0.39 is 10.8 Å². The van der Waals surface area contributed by atoms with Crippen LogP contribution in [-0.2, 0) is 0 Å². The molecule has 0 aromatic heterocycles. The Bertz CT molecular complexity index is 927. The van der Waals surface area contributed by atoms with Gasteiger partial charge in [-0.3, -0.25) is 19.7 Å². The summed E-state index contributed by atoms with van der Waals surface area (Å²) in [6.07, 6.45) is 1.86. The summed E-state index contributed by atoms with van der Waals surface area (Å²) in [7, 11) is 1.48. The SMILES string of the molecule is COc1ccc(NC(=O)c2ccc(Br)c([N+](=O)[O-])c2)c(C(=O)NC2CC2)c1. The highest BCUT2D eigenvalue weighted by Gasteiger charge is 2.26. The van der Waals surface area contributed by atoms with Gasteiger partial charge in [0.15, 0.2) is 0 Å². The number of rotatable bonds is 6. The average molecular weight is 434 g/mol. The molecule has 2 amide bonds. The fourth-order valence-corrected chi connectivity index (χ4v) is 2.82. The lowest BCUT2D eigenvalue weighted by atomic mass is 10.1. The zero-order valence-electron chi connectivity index (χ0n) is 14.3. The molecule has 3 rings (SSSR count). The van der Waals surface area contributed by atoms with E-state index in [1.54, 1.807) is 12.1 Å². The molecule has 0 aliphatic heterocycles. The number of amides is 2. The molecule has 0 heterocycles. The number of anilines is 1. The van der Waals surface area contributed by atoms with E-state index in [0.29, 0.717) is 11.4 Å². The van der Waals surface area contributed by atoms with Crippen molar-refractivity contribution < 1.29 is 19.2 Å². The largest absolute Gasteiger partial charge is 0.497 e. The first-order chi connectivity index (χ1) is 12.9. The molecule has 2 aromatic carbocycles. The lowest BCUT2D eigenvalue weighted by Gasteiger charge is -2.13. The van der Waals surface area contributed by atoms with Crippen molar-refractivity contribution in [1.82, 2.24) is 5.32 Å². The second-order valence-corrected chi connectivity index (χ2v) is 6.89. The Labute approximate surface area is 163 Å². The number of methoxy groups -OCH3 is 1. The summed E-state index contributed by atoms with van der Waals surface area (Å²) < 4.78 is 5.43. The number of benzene rings is 2. The van der Waals surface area contributed by atoms with Gasteiger partial charge in [0, 0.05) is 17.7 Å². The molecule has 9 heteroatoms. The lowest BCUT2D eigenvalue weighted by molar-refractivity contribution is -0.385. The third kappa shape index (κ3) is 4.43. The predicted octanol–water partition coefficient (Wildman–Crippen LogP) is 3.51. The van der Waals surface area contributed by atoms with Gasteiger partial charge in [-0.15, -0.1) is 0 Å². The highest BCUT2D eigenvalue weighted by molar-refractivity contribution is 9.10. The molecule has 1 aliphatic carbocycles. The van der Waals surface area contributed by atoms with E-state index in [2.05, 4.69) is 26.6 Å². The third-order valence-corrected chi connectivity index (χ3v) is 4.71. The van der Waals surface area contributed by atoms with Gasteiger partial charge in [0.1, 0.15) is 5.75 Å². The molecule has 0 saturated heterocycles. The molecular formula is C18H16BrN3O5. The van der Waals surface area contributed by atoms with Crippen molar-refractivity contribution in [2.24, 2.45) is 0 Å². The summed E-state index contributed by atoms with van der Waals surface area (Å²) in [6.45, 7) is 0. The van der Waals surface area contributed by atoms with Crippen molar-refractivity contribution in [2.75, 3.05) is 12.4 Å². The van der Waals surface area contributed by atoms with Crippen molar-refractivity contribution >= 4 is 39.1 Å². The monoisotopic (exact) mass is 433 g/mol. The zero-order chi connectivity index (χ0) is 19.6. The summed E-state index contributed by atoms with van der Waals surface area (Å²) >= 11 is 3.08. The summed E-state index contributed by atoms with van der Waals surface area (Å²) in [4.78, 5) is 35.5. The Morgan fingerprint density at radius 2 is 1.93 bits per heavy atom. The maximum atomic E-state index is 12.6. The molecule has 1 fully saturated rings. The maximum Gasteiger partial charge on any atom is 0.284 e. The van der Waals surface area contributed by atoms with Crippen molar-refractivity contribution in [1.29, 1.82) is 0 Å². The van der Waals surface area contributed by atoms with Gasteiger partial charge in [-0.1, -0.05) is 0 Å². The van der Waals surface area contributed by atoms with E-state index in [1.165, 1.54) is 31.4 Å². The Balaban J connectivity index is 1.88. The summed E-state index contributed by atoms with van der Waals surface area (Å²) in [6, 6.07) is 8.94. The van der Waals surface area contributed by atoms with Crippen LogP contribution in [0, 0.1) is 10.1 Å². The molecule has 27 heavy (non-hydrogen) atoms. The fourth-order valence-electron chi connectivity index (χ4n) is 2.43. The number of carbonyl (C=O) groups is 2. The van der Waals surface area contributed by atoms with Gasteiger partial charge in [0.05, 0.1) is 27.8 Å². The van der Waals surface area contributed by atoms with E-state index >= 15 is 0 Å². The number of ether oxygens (including phenoxy) is 1. The van der Waals surface area contributed by atoms with Crippen LogP contribution >= 0.6 is 15.9 Å². The minimum Gasteiger partial charge on any atom is -0.497 e. The Hall–Kier alpha value is -2.94. The molecule has 2 aromatic rings. The number of nitro benzene ring substituents is 1. The van der Waals surface area contributed by atoms with Crippen molar-refractivity contribution in [3.63, 3.8) is 0 Å². The van der Waals surface area contributed by atoms with Crippen LogP contribution in [0.25, 0.3) is 0 Å². The van der Waals surface area contributed by atoms with Crippen LogP contribution in [0.2, 0.25) is 0 Å². The zero-order valence-corrected chi connectivity index (χ0v) is 15.9. The van der Waals surface area contributed by atoms with Crippen LogP contribution in [0.3, 0.4) is 0 Å². The fraction of sp³-hybridized carbons (Fsp3) is 0.222. The van der Waals surface area contributed by atoms with E-state index in [9.17, 15) is 19.7 Å². The molecule has 1 aliphatic rings. The highest BCUT2D eigenvalue weighted by atomic mass is 79.9. The first-order valence-electron chi connectivity index (χ1n) is 8.13. The Kier molecular flexibility index (Phi) is 5.41. The average Bonchev–Trinajstić information content (AvgIpc) is 3.46. The molecule has 1 saturated carbocycles. The van der Waals surface area contributed by atoms with Crippen LogP contribution < -0.4 is 15.4 Å². The summed E-state index contributed by atoms with van der Waals surface area (Å²) in [5.41, 5.74) is 0.448. The van der Waals surface area contributed by atoms with Crippen LogP contribution in [-0.4, -0.2) is 29.9 Å². The van der Waals surface area contributed by atoms with E-state index in [0.717, 1.165) is 12.8 Å². The van der Waals surface area contributed by atoms with Crippen molar-refractivity contribution in [3.05, 3.63) is 62.1 Å². The third-order valence-electron chi connectivity index (χ3n) is 4.04. The normalized spacial score (nSPS) is 13.0. The quantitative estimate of drug-likeness (QED) is 0.534. The number of nitrogens with one attached hydrogen (secondary N) is 2. The number of halogens is 1. The van der Waals surface area contributed by atoms with Crippen LogP contribution in [0.5, 0.6) is 5.75 Å². The topological polar surface area (TPSA) is 111 Å². The first-order valence-corrected chi connectivity index (χ1v) is 8.92. The van der Waals surface area contributed by atoms with Gasteiger partial charge in [-0.2, -0.15) is 0 Å². The van der Waals surface area contributed by atoms with E-state index in [-0.39, 0.29) is 33.2 Å². The van der Waals surface area contributed by atoms with Gasteiger partial charge >= 0.3 is 0 Å². The molecule has 0 spiro atoms. The number of hydrogen-bond donors (Lipinski definition) is 2. The maximum absolute atomic E-state index is 12.6. The Morgan fingerprint density at radius 1 is 1.19 bits per heavy atom. The smallest absolute Gasteiger partial charge is 0.284 e. The molecule has 0 atom stereocenters. The summed E-state index contributed by atoms with van der Waals surface area (Å²) in [5.74, 6) is -0.391. The molecule has 140 valence electrons. The standard InChI is InChI=1S/C18H16BrN3O5/c1-27-12-5-7-15(13(9-12)18(24)20-11-3-4-11)21-17(23)10-2-6-14(19)16(8-10)22(25)26/h2,5-9,11H,3-4H2,1H3,(H,20,24)(H,21,23). The number of nitro groups is 1. The van der Waals surface area contributed by atoms with Gasteiger partial charge in [0.2, 0.25) is 0 Å². The van der Waals surface area contributed by atoms with Gasteiger partial charge in [-0.05, 0) is 59.1 Å². The number of hydrogen-bond acceptors (Lipinski definition) is 5. The van der Waals surface area contributed by atoms with Crippen LogP contribution in [0.4, 0.5) is 11.4 Å². The minimum atomic E-state index is -0.581. The molecule has 0 unspecified atom stereocenters. The first kappa shape index (κ1) is 18.8. The van der Waals surface area contributed by atoms with Crippen molar-refractivity contribution in [2.45, 2.75) is 18.9 Å². The van der Waals surface area contributed by atoms with Gasteiger partial charge in [0.25, 0.3) is 17.5 Å². The molecular weight excluding hydrogens is 418 g/mol. The van der Waals surface area contributed by atoms with E-state index in [4.69, 9.17) is 4.74 Å². The van der Waals surface area contributed by atoms with Gasteiger partial charge in [-0.25, -0.2) is 0 Å². The number of nitrogens with zero attached hydrogens (tertiary/aromatic N) is 1. The summed E-state index contributed by atoms with van der Waals surface area (Å²) in [5, 5.41) is 16.6.